The van der Waals surface area contributed by atoms with Crippen LogP contribution in [0.3, 0.4) is 0 Å². The molecule has 1 aromatic heterocycles. The predicted molar refractivity (Wildman–Crippen MR) is 97.4 cm³/mol. The van der Waals surface area contributed by atoms with Gasteiger partial charge in [-0.15, -0.1) is 0 Å². The molecule has 0 spiro atoms. The number of carbonyl (C=O) groups excluding carboxylic acids is 3. The summed E-state index contributed by atoms with van der Waals surface area (Å²) in [6.45, 7) is 5.56. The van der Waals surface area contributed by atoms with Crippen LogP contribution in [0.4, 0.5) is 5.69 Å². The molecule has 0 fully saturated rings. The number of furan rings is 1. The van der Waals surface area contributed by atoms with Gasteiger partial charge in [0.25, 0.3) is 5.91 Å². The minimum atomic E-state index is -0.697. The summed E-state index contributed by atoms with van der Waals surface area (Å²) < 4.78 is 4.98. The maximum absolute atomic E-state index is 12.1. The van der Waals surface area contributed by atoms with Crippen LogP contribution in [0.25, 0.3) is 0 Å². The zero-order valence-corrected chi connectivity index (χ0v) is 15.0. The Balaban J connectivity index is 1.81. The van der Waals surface area contributed by atoms with Gasteiger partial charge in [0.1, 0.15) is 6.04 Å². The fourth-order valence-corrected chi connectivity index (χ4v) is 2.08. The fourth-order valence-electron chi connectivity index (χ4n) is 2.08. The molecule has 2 rings (SSSR count). The molecule has 1 atom stereocenters. The van der Waals surface area contributed by atoms with Crippen LogP contribution in [0, 0.1) is 5.92 Å². The van der Waals surface area contributed by atoms with Gasteiger partial charge < -0.3 is 20.4 Å². The van der Waals surface area contributed by atoms with Gasteiger partial charge >= 0.3 is 0 Å². The van der Waals surface area contributed by atoms with Gasteiger partial charge in [-0.1, -0.05) is 26.0 Å². The third-order valence-corrected chi connectivity index (χ3v) is 3.70. The fraction of sp³-hybridized carbons (Fsp3) is 0.316. The van der Waals surface area contributed by atoms with Gasteiger partial charge in [-0.3, -0.25) is 14.4 Å². The highest BCUT2D eigenvalue weighted by molar-refractivity contribution is 5.95. The summed E-state index contributed by atoms with van der Waals surface area (Å²) >= 11 is 0. The van der Waals surface area contributed by atoms with Crippen LogP contribution < -0.4 is 16.0 Å². The second kappa shape index (κ2) is 8.84. The maximum Gasteiger partial charge on any atom is 0.287 e. The molecule has 0 aliphatic heterocycles. The summed E-state index contributed by atoms with van der Waals surface area (Å²) in [5.41, 5.74) is 1.59. The highest BCUT2D eigenvalue weighted by Gasteiger charge is 2.17. The van der Waals surface area contributed by atoms with Crippen LogP contribution in [-0.4, -0.2) is 23.8 Å². The average molecular weight is 357 g/mol. The lowest BCUT2D eigenvalue weighted by atomic mass is 10.1. The Hall–Kier alpha value is -3.09. The number of hydrogen-bond acceptors (Lipinski definition) is 4. The Morgan fingerprint density at radius 1 is 1.00 bits per heavy atom. The number of rotatable bonds is 7. The van der Waals surface area contributed by atoms with Gasteiger partial charge in [0, 0.05) is 18.2 Å². The first kappa shape index (κ1) is 19.2. The summed E-state index contributed by atoms with van der Waals surface area (Å²) in [6, 6.07) is 9.64. The third kappa shape index (κ3) is 5.47. The number of hydrogen-bond donors (Lipinski definition) is 3. The van der Waals surface area contributed by atoms with Crippen molar-refractivity contribution in [2.45, 2.75) is 33.4 Å². The Morgan fingerprint density at radius 2 is 1.69 bits per heavy atom. The van der Waals surface area contributed by atoms with Crippen molar-refractivity contribution < 1.29 is 18.8 Å². The molecule has 0 aliphatic carbocycles. The van der Waals surface area contributed by atoms with Gasteiger partial charge in [-0.25, -0.2) is 0 Å². The first-order valence-corrected chi connectivity index (χ1v) is 8.38. The first-order chi connectivity index (χ1) is 12.4. The summed E-state index contributed by atoms with van der Waals surface area (Å²) in [5.74, 6) is -0.729. The van der Waals surface area contributed by atoms with Crippen molar-refractivity contribution in [3.8, 4) is 0 Å². The van der Waals surface area contributed by atoms with Crippen LogP contribution in [0.5, 0.6) is 0 Å². The van der Waals surface area contributed by atoms with E-state index in [1.165, 1.54) is 12.3 Å². The van der Waals surface area contributed by atoms with E-state index in [1.807, 2.05) is 26.0 Å². The zero-order chi connectivity index (χ0) is 19.1. The Labute approximate surface area is 152 Å². The molecule has 7 nitrogen and oxygen atoms in total. The first-order valence-electron chi connectivity index (χ1n) is 8.38. The lowest BCUT2D eigenvalue weighted by Gasteiger charge is -2.14. The molecule has 0 bridgehead atoms. The average Bonchev–Trinajstić information content (AvgIpc) is 3.15. The van der Waals surface area contributed by atoms with Crippen molar-refractivity contribution in [3.63, 3.8) is 0 Å². The van der Waals surface area contributed by atoms with Crippen LogP contribution in [0.15, 0.2) is 47.1 Å². The number of nitrogens with one attached hydrogen (secondary N) is 3. The second-order valence-corrected chi connectivity index (χ2v) is 6.23. The zero-order valence-electron chi connectivity index (χ0n) is 15.0. The number of benzene rings is 1. The molecule has 0 saturated heterocycles. The number of anilines is 1. The molecule has 0 saturated carbocycles. The van der Waals surface area contributed by atoms with Crippen molar-refractivity contribution in [1.29, 1.82) is 0 Å². The van der Waals surface area contributed by atoms with E-state index in [4.69, 9.17) is 4.42 Å². The minimum absolute atomic E-state index is 0.0489. The van der Waals surface area contributed by atoms with Crippen molar-refractivity contribution in [2.24, 2.45) is 5.92 Å². The molecule has 1 heterocycles. The van der Waals surface area contributed by atoms with E-state index in [0.29, 0.717) is 12.2 Å². The number of amides is 3. The largest absolute Gasteiger partial charge is 0.459 e. The highest BCUT2D eigenvalue weighted by atomic mass is 16.3. The van der Waals surface area contributed by atoms with Gasteiger partial charge in [-0.05, 0) is 36.8 Å². The summed E-state index contributed by atoms with van der Waals surface area (Å²) in [7, 11) is 0. The highest BCUT2D eigenvalue weighted by Crippen LogP contribution is 2.11. The van der Waals surface area contributed by atoms with Crippen LogP contribution in [0.2, 0.25) is 0 Å². The quantitative estimate of drug-likeness (QED) is 0.708. The Kier molecular flexibility index (Phi) is 6.54. The van der Waals surface area contributed by atoms with Gasteiger partial charge in [0.15, 0.2) is 5.76 Å². The molecular weight excluding hydrogens is 334 g/mol. The van der Waals surface area contributed by atoms with E-state index >= 15 is 0 Å². The monoisotopic (exact) mass is 357 g/mol. The van der Waals surface area contributed by atoms with Gasteiger partial charge in [-0.2, -0.15) is 0 Å². The molecule has 3 amide bonds. The molecule has 26 heavy (non-hydrogen) atoms. The van der Waals surface area contributed by atoms with Crippen LogP contribution >= 0.6 is 0 Å². The molecule has 1 aromatic carbocycles. The lowest BCUT2D eigenvalue weighted by molar-refractivity contribution is -0.122. The van der Waals surface area contributed by atoms with E-state index < -0.39 is 11.9 Å². The lowest BCUT2D eigenvalue weighted by Crippen LogP contribution is -2.44. The van der Waals surface area contributed by atoms with Gasteiger partial charge in [0.2, 0.25) is 11.8 Å². The van der Waals surface area contributed by atoms with Crippen molar-refractivity contribution >= 4 is 23.4 Å². The van der Waals surface area contributed by atoms with Crippen molar-refractivity contribution in [1.82, 2.24) is 10.6 Å². The predicted octanol–water partition coefficient (Wildman–Crippen LogP) is 2.31. The Morgan fingerprint density at radius 3 is 2.27 bits per heavy atom. The molecule has 7 heteroatoms. The van der Waals surface area contributed by atoms with Crippen LogP contribution in [0.1, 0.15) is 36.9 Å². The van der Waals surface area contributed by atoms with E-state index in [1.54, 1.807) is 25.1 Å². The minimum Gasteiger partial charge on any atom is -0.459 e. The van der Waals surface area contributed by atoms with E-state index in [-0.39, 0.29) is 23.5 Å². The summed E-state index contributed by atoms with van der Waals surface area (Å²) in [4.78, 5) is 35.6. The van der Waals surface area contributed by atoms with E-state index in [0.717, 1.165) is 5.56 Å². The van der Waals surface area contributed by atoms with E-state index in [2.05, 4.69) is 16.0 Å². The molecule has 138 valence electrons. The summed E-state index contributed by atoms with van der Waals surface area (Å²) in [5, 5.41) is 8.13. The molecule has 0 radical (unpaired) electrons. The Bertz CT molecular complexity index is 752. The summed E-state index contributed by atoms with van der Waals surface area (Å²) in [6.07, 6.45) is 1.40. The maximum atomic E-state index is 12.1. The molecule has 0 aliphatic rings. The standard InChI is InChI=1S/C19H23N3O4/c1-12(2)17(23)22-15-8-6-14(7-9-15)11-20-18(24)13(3)21-19(25)16-5-4-10-26-16/h4-10,12-13H,11H2,1-3H3,(H,20,24)(H,21,25)(H,22,23). The SMILES string of the molecule is CC(C)C(=O)Nc1ccc(CNC(=O)C(C)NC(=O)c2ccco2)cc1. The van der Waals surface area contributed by atoms with Crippen molar-refractivity contribution in [3.05, 3.63) is 54.0 Å². The van der Waals surface area contributed by atoms with Gasteiger partial charge in [0.05, 0.1) is 6.26 Å². The van der Waals surface area contributed by atoms with Crippen molar-refractivity contribution in [2.75, 3.05) is 5.32 Å². The normalized spacial score (nSPS) is 11.7. The molecule has 2 aromatic rings. The molecule has 3 N–H and O–H groups in total. The topological polar surface area (TPSA) is 100 Å². The molecular formula is C19H23N3O4. The van der Waals surface area contributed by atoms with E-state index in [9.17, 15) is 14.4 Å². The number of carbonyl (C=O) groups is 3. The molecule has 1 unspecified atom stereocenters. The van der Waals surface area contributed by atoms with Crippen LogP contribution in [-0.2, 0) is 16.1 Å². The third-order valence-electron chi connectivity index (χ3n) is 3.70. The smallest absolute Gasteiger partial charge is 0.287 e. The second-order valence-electron chi connectivity index (χ2n) is 6.23.